The molecule has 0 aliphatic rings. The molecule has 0 aliphatic carbocycles. The minimum atomic E-state index is -0.526. The first-order chi connectivity index (χ1) is 12.0. The predicted molar refractivity (Wildman–Crippen MR) is 100 cm³/mol. The van der Waals surface area contributed by atoms with Crippen molar-refractivity contribution in [2.45, 2.75) is 52.6 Å². The summed E-state index contributed by atoms with van der Waals surface area (Å²) in [5.41, 5.74) is 0.949. The van der Waals surface area contributed by atoms with E-state index in [4.69, 9.17) is 16.3 Å². The van der Waals surface area contributed by atoms with Crippen molar-refractivity contribution in [2.75, 3.05) is 19.8 Å². The highest BCUT2D eigenvalue weighted by molar-refractivity contribution is 6.30. The molecule has 0 spiro atoms. The summed E-state index contributed by atoms with van der Waals surface area (Å²) in [6.07, 6.45) is 1.93. The summed E-state index contributed by atoms with van der Waals surface area (Å²) >= 11 is 5.91. The van der Waals surface area contributed by atoms with Crippen molar-refractivity contribution >= 4 is 23.4 Å². The Hall–Kier alpha value is -1.59. The Morgan fingerprint density at radius 1 is 1.24 bits per heavy atom. The van der Waals surface area contributed by atoms with Crippen LogP contribution in [-0.2, 0) is 20.9 Å². The smallest absolute Gasteiger partial charge is 0.242 e. The second-order valence-electron chi connectivity index (χ2n) is 5.92. The second-order valence-corrected chi connectivity index (χ2v) is 6.35. The summed E-state index contributed by atoms with van der Waals surface area (Å²) in [6.45, 7) is 7.88. The van der Waals surface area contributed by atoms with Gasteiger partial charge in [-0.15, -0.1) is 0 Å². The molecule has 0 fully saturated rings. The Bertz CT molecular complexity index is 534. The molecule has 1 atom stereocenters. The number of carbonyl (C=O) groups excluding carboxylic acids is 2. The Kier molecular flexibility index (Phi) is 10.2. The second kappa shape index (κ2) is 11.9. The van der Waals surface area contributed by atoms with Gasteiger partial charge in [-0.05, 0) is 44.4 Å². The van der Waals surface area contributed by atoms with Gasteiger partial charge in [0, 0.05) is 37.7 Å². The van der Waals surface area contributed by atoms with E-state index < -0.39 is 6.04 Å². The van der Waals surface area contributed by atoms with Crippen LogP contribution >= 0.6 is 11.6 Å². The summed E-state index contributed by atoms with van der Waals surface area (Å²) in [5.74, 6) is -0.163. The maximum absolute atomic E-state index is 12.5. The van der Waals surface area contributed by atoms with Gasteiger partial charge in [-0.3, -0.25) is 9.59 Å². The predicted octanol–water partition coefficient (Wildman–Crippen LogP) is 3.40. The molecule has 1 N–H and O–H groups in total. The van der Waals surface area contributed by atoms with E-state index in [-0.39, 0.29) is 11.8 Å². The lowest BCUT2D eigenvalue weighted by Gasteiger charge is -2.28. The number of halogens is 1. The SMILES string of the molecule is CCCC(=O)N(Cc1ccc(Cl)cc1)C(C)C(=O)NCCCOCC. The maximum Gasteiger partial charge on any atom is 0.242 e. The number of ether oxygens (including phenoxy) is 1. The lowest BCUT2D eigenvalue weighted by Crippen LogP contribution is -2.47. The summed E-state index contributed by atoms with van der Waals surface area (Å²) in [5, 5.41) is 3.53. The first-order valence-corrected chi connectivity index (χ1v) is 9.26. The van der Waals surface area contributed by atoms with Gasteiger partial charge in [0.25, 0.3) is 0 Å². The Labute approximate surface area is 155 Å². The standard InChI is InChI=1S/C19H29ClN2O3/c1-4-7-18(23)22(14-16-8-10-17(20)11-9-16)15(3)19(24)21-12-6-13-25-5-2/h8-11,15H,4-7,12-14H2,1-3H3,(H,21,24). The number of benzene rings is 1. The van der Waals surface area contributed by atoms with Gasteiger partial charge in [0.2, 0.25) is 11.8 Å². The number of nitrogens with one attached hydrogen (secondary N) is 1. The first-order valence-electron chi connectivity index (χ1n) is 8.88. The molecule has 5 nitrogen and oxygen atoms in total. The number of rotatable bonds is 11. The van der Waals surface area contributed by atoms with E-state index in [0.29, 0.717) is 37.7 Å². The molecule has 0 saturated heterocycles. The summed E-state index contributed by atoms with van der Waals surface area (Å²) in [4.78, 5) is 26.5. The molecule has 1 aromatic rings. The molecule has 0 aliphatic heterocycles. The average Bonchev–Trinajstić information content (AvgIpc) is 2.60. The number of hydrogen-bond donors (Lipinski definition) is 1. The monoisotopic (exact) mass is 368 g/mol. The summed E-state index contributed by atoms with van der Waals surface area (Å²) < 4.78 is 5.26. The van der Waals surface area contributed by atoms with Gasteiger partial charge in [0.15, 0.2) is 0 Å². The van der Waals surface area contributed by atoms with Crippen molar-refractivity contribution in [3.8, 4) is 0 Å². The van der Waals surface area contributed by atoms with Gasteiger partial charge < -0.3 is 15.0 Å². The molecule has 6 heteroatoms. The third-order valence-electron chi connectivity index (χ3n) is 3.87. The van der Waals surface area contributed by atoms with Crippen molar-refractivity contribution in [3.05, 3.63) is 34.9 Å². The van der Waals surface area contributed by atoms with Crippen molar-refractivity contribution in [3.63, 3.8) is 0 Å². The topological polar surface area (TPSA) is 58.6 Å². The Morgan fingerprint density at radius 3 is 2.52 bits per heavy atom. The van der Waals surface area contributed by atoms with E-state index in [2.05, 4.69) is 5.32 Å². The molecular weight excluding hydrogens is 340 g/mol. The highest BCUT2D eigenvalue weighted by atomic mass is 35.5. The number of amides is 2. The van der Waals surface area contributed by atoms with Gasteiger partial charge in [0.1, 0.15) is 6.04 Å². The van der Waals surface area contributed by atoms with Crippen LogP contribution in [0, 0.1) is 0 Å². The van der Waals surface area contributed by atoms with Crippen molar-refractivity contribution in [1.82, 2.24) is 10.2 Å². The first kappa shape index (κ1) is 21.5. The third-order valence-corrected chi connectivity index (χ3v) is 4.12. The van der Waals surface area contributed by atoms with Crippen LogP contribution in [0.5, 0.6) is 0 Å². The van der Waals surface area contributed by atoms with Gasteiger partial charge in [-0.25, -0.2) is 0 Å². The Balaban J connectivity index is 2.68. The molecule has 1 unspecified atom stereocenters. The van der Waals surface area contributed by atoms with E-state index >= 15 is 0 Å². The number of hydrogen-bond acceptors (Lipinski definition) is 3. The van der Waals surface area contributed by atoms with Crippen LogP contribution in [-0.4, -0.2) is 42.5 Å². The maximum atomic E-state index is 12.5. The molecule has 0 saturated carbocycles. The van der Waals surface area contributed by atoms with E-state index in [0.717, 1.165) is 18.4 Å². The van der Waals surface area contributed by atoms with Gasteiger partial charge in [-0.2, -0.15) is 0 Å². The van der Waals surface area contributed by atoms with E-state index in [1.165, 1.54) is 0 Å². The number of nitrogens with zero attached hydrogens (tertiary/aromatic N) is 1. The molecule has 140 valence electrons. The molecule has 2 amide bonds. The molecule has 0 bridgehead atoms. The van der Waals surface area contributed by atoms with Crippen LogP contribution in [0.25, 0.3) is 0 Å². The highest BCUT2D eigenvalue weighted by Crippen LogP contribution is 2.14. The van der Waals surface area contributed by atoms with Gasteiger partial charge in [0.05, 0.1) is 0 Å². The summed E-state index contributed by atoms with van der Waals surface area (Å²) in [7, 11) is 0. The molecule has 25 heavy (non-hydrogen) atoms. The lowest BCUT2D eigenvalue weighted by atomic mass is 10.1. The molecule has 0 aromatic heterocycles. The normalized spacial score (nSPS) is 11.8. The van der Waals surface area contributed by atoms with E-state index in [1.54, 1.807) is 24.0 Å². The van der Waals surface area contributed by atoms with Crippen LogP contribution in [0.4, 0.5) is 0 Å². The zero-order valence-corrected chi connectivity index (χ0v) is 16.1. The minimum absolute atomic E-state index is 0.0191. The fourth-order valence-corrected chi connectivity index (χ4v) is 2.53. The van der Waals surface area contributed by atoms with Crippen LogP contribution in [0.3, 0.4) is 0 Å². The van der Waals surface area contributed by atoms with Crippen LogP contribution in [0.15, 0.2) is 24.3 Å². The Morgan fingerprint density at radius 2 is 1.92 bits per heavy atom. The van der Waals surface area contributed by atoms with Crippen molar-refractivity contribution in [1.29, 1.82) is 0 Å². The van der Waals surface area contributed by atoms with Gasteiger partial charge in [-0.1, -0.05) is 30.7 Å². The van der Waals surface area contributed by atoms with Crippen LogP contribution in [0.1, 0.15) is 45.6 Å². The third kappa shape index (κ3) is 7.88. The van der Waals surface area contributed by atoms with Crippen LogP contribution in [0.2, 0.25) is 5.02 Å². The zero-order chi connectivity index (χ0) is 18.7. The molecule has 0 heterocycles. The number of carbonyl (C=O) groups is 2. The molecular formula is C19H29ClN2O3. The minimum Gasteiger partial charge on any atom is -0.382 e. The van der Waals surface area contributed by atoms with E-state index in [1.807, 2.05) is 26.0 Å². The molecule has 0 radical (unpaired) electrons. The van der Waals surface area contributed by atoms with Gasteiger partial charge >= 0.3 is 0 Å². The fraction of sp³-hybridized carbons (Fsp3) is 0.579. The largest absolute Gasteiger partial charge is 0.382 e. The molecule has 1 aromatic carbocycles. The van der Waals surface area contributed by atoms with Crippen molar-refractivity contribution < 1.29 is 14.3 Å². The van der Waals surface area contributed by atoms with Crippen molar-refractivity contribution in [2.24, 2.45) is 0 Å². The molecule has 1 rings (SSSR count). The van der Waals surface area contributed by atoms with E-state index in [9.17, 15) is 9.59 Å². The lowest BCUT2D eigenvalue weighted by molar-refractivity contribution is -0.140. The highest BCUT2D eigenvalue weighted by Gasteiger charge is 2.25. The quantitative estimate of drug-likeness (QED) is 0.609. The zero-order valence-electron chi connectivity index (χ0n) is 15.4. The fourth-order valence-electron chi connectivity index (χ4n) is 2.40. The van der Waals surface area contributed by atoms with Crippen LogP contribution < -0.4 is 5.32 Å². The summed E-state index contributed by atoms with van der Waals surface area (Å²) in [6, 6.07) is 6.81. The average molecular weight is 369 g/mol.